The Morgan fingerprint density at radius 1 is 0.955 bits per heavy atom. The van der Waals surface area contributed by atoms with E-state index in [1.807, 2.05) is 18.2 Å². The Balaban J connectivity index is 1.41. The molecule has 0 atom stereocenters. The van der Waals surface area contributed by atoms with Crippen LogP contribution in [0, 0.1) is 0 Å². The van der Waals surface area contributed by atoms with E-state index in [-0.39, 0.29) is 0 Å². The van der Waals surface area contributed by atoms with Crippen LogP contribution in [-0.4, -0.2) is 42.5 Å². The van der Waals surface area contributed by atoms with Gasteiger partial charge < -0.3 is 4.42 Å². The Bertz CT molecular complexity index is 601. The summed E-state index contributed by atoms with van der Waals surface area (Å²) in [6.45, 7) is 6.34. The highest BCUT2D eigenvalue weighted by molar-refractivity contribution is 9.10. The Morgan fingerprint density at radius 2 is 1.68 bits per heavy atom. The van der Waals surface area contributed by atoms with Crippen molar-refractivity contribution in [3.05, 3.63) is 64.5 Å². The monoisotopic (exact) mass is 360 g/mol. The largest absolute Gasteiger partial charge is 0.453 e. The molecular formula is C18H21BrN2O. The number of hydrogen-bond donors (Lipinski definition) is 0. The van der Waals surface area contributed by atoms with Crippen molar-refractivity contribution in [1.29, 1.82) is 0 Å². The van der Waals surface area contributed by atoms with E-state index < -0.39 is 0 Å². The molecule has 1 saturated heterocycles. The number of benzene rings is 1. The number of rotatable bonds is 5. The highest BCUT2D eigenvalue weighted by Crippen LogP contribution is 2.16. The van der Waals surface area contributed by atoms with Crippen molar-refractivity contribution < 1.29 is 4.42 Å². The summed E-state index contributed by atoms with van der Waals surface area (Å²) < 4.78 is 6.39. The maximum Gasteiger partial charge on any atom is 0.169 e. The fraction of sp³-hybridized carbons (Fsp3) is 0.333. The normalized spacial score (nSPS) is 17.3. The molecule has 1 aromatic heterocycles. The van der Waals surface area contributed by atoms with E-state index in [0.717, 1.165) is 49.7 Å². The van der Waals surface area contributed by atoms with Gasteiger partial charge in [0.1, 0.15) is 5.76 Å². The first-order chi connectivity index (χ1) is 10.8. The Hall–Kier alpha value is -1.36. The second-order valence-electron chi connectivity index (χ2n) is 5.60. The molecule has 0 radical (unpaired) electrons. The Labute approximate surface area is 140 Å². The number of furan rings is 1. The third-order valence-corrected chi connectivity index (χ3v) is 4.37. The minimum absolute atomic E-state index is 0.812. The summed E-state index contributed by atoms with van der Waals surface area (Å²) in [4.78, 5) is 4.94. The number of nitrogens with zero attached hydrogens (tertiary/aromatic N) is 2. The summed E-state index contributed by atoms with van der Waals surface area (Å²) in [5.41, 5.74) is 1.27. The van der Waals surface area contributed by atoms with Gasteiger partial charge >= 0.3 is 0 Å². The lowest BCUT2D eigenvalue weighted by molar-refractivity contribution is 0.129. The molecule has 1 aliphatic heterocycles. The lowest BCUT2D eigenvalue weighted by atomic mass is 10.2. The van der Waals surface area contributed by atoms with Gasteiger partial charge in [-0.15, -0.1) is 0 Å². The average Bonchev–Trinajstić information content (AvgIpc) is 2.95. The lowest BCUT2D eigenvalue weighted by Gasteiger charge is -2.33. The van der Waals surface area contributed by atoms with Gasteiger partial charge in [0.2, 0.25) is 0 Å². The van der Waals surface area contributed by atoms with Gasteiger partial charge in [0.05, 0.1) is 6.54 Å². The molecule has 4 heteroatoms. The van der Waals surface area contributed by atoms with E-state index >= 15 is 0 Å². The van der Waals surface area contributed by atoms with Gasteiger partial charge in [0, 0.05) is 32.7 Å². The molecule has 3 rings (SSSR count). The molecule has 0 N–H and O–H groups in total. The molecule has 1 aliphatic rings. The first-order valence-corrected chi connectivity index (χ1v) is 8.49. The van der Waals surface area contributed by atoms with Crippen LogP contribution in [0.4, 0.5) is 0 Å². The number of halogens is 1. The van der Waals surface area contributed by atoms with Gasteiger partial charge in [-0.05, 0) is 33.6 Å². The third kappa shape index (κ3) is 4.57. The summed E-state index contributed by atoms with van der Waals surface area (Å²) in [6, 6.07) is 14.5. The minimum Gasteiger partial charge on any atom is -0.453 e. The van der Waals surface area contributed by atoms with Gasteiger partial charge in [-0.2, -0.15) is 0 Å². The quantitative estimate of drug-likeness (QED) is 0.806. The van der Waals surface area contributed by atoms with Crippen LogP contribution in [0.3, 0.4) is 0 Å². The molecule has 0 aliphatic carbocycles. The van der Waals surface area contributed by atoms with Crippen molar-refractivity contribution in [1.82, 2.24) is 9.80 Å². The Morgan fingerprint density at radius 3 is 2.36 bits per heavy atom. The second kappa shape index (κ2) is 7.77. The summed E-state index contributed by atoms with van der Waals surface area (Å²) >= 11 is 3.35. The van der Waals surface area contributed by atoms with Crippen molar-refractivity contribution in [3.63, 3.8) is 0 Å². The topological polar surface area (TPSA) is 19.6 Å². The fourth-order valence-electron chi connectivity index (χ4n) is 2.69. The van der Waals surface area contributed by atoms with Crippen molar-refractivity contribution in [2.24, 2.45) is 0 Å². The smallest absolute Gasteiger partial charge is 0.169 e. The van der Waals surface area contributed by atoms with Gasteiger partial charge in [0.25, 0.3) is 0 Å². The Kier molecular flexibility index (Phi) is 5.48. The minimum atomic E-state index is 0.812. The van der Waals surface area contributed by atoms with Crippen molar-refractivity contribution in [2.75, 3.05) is 32.7 Å². The van der Waals surface area contributed by atoms with Gasteiger partial charge in [-0.25, -0.2) is 0 Å². The van der Waals surface area contributed by atoms with E-state index in [0.29, 0.717) is 0 Å². The second-order valence-corrected chi connectivity index (χ2v) is 6.38. The first-order valence-electron chi connectivity index (χ1n) is 7.70. The average molecular weight is 361 g/mol. The van der Waals surface area contributed by atoms with Crippen molar-refractivity contribution >= 4 is 22.0 Å². The molecule has 2 aromatic rings. The summed E-state index contributed by atoms with van der Waals surface area (Å²) in [7, 11) is 0. The van der Waals surface area contributed by atoms with Crippen LogP contribution in [0.15, 0.2) is 57.6 Å². The molecule has 0 unspecified atom stereocenters. The number of piperazine rings is 1. The maximum atomic E-state index is 5.58. The van der Waals surface area contributed by atoms with E-state index in [9.17, 15) is 0 Å². The van der Waals surface area contributed by atoms with E-state index in [1.54, 1.807) is 0 Å². The van der Waals surface area contributed by atoms with E-state index in [4.69, 9.17) is 4.42 Å². The zero-order chi connectivity index (χ0) is 15.2. The lowest BCUT2D eigenvalue weighted by Crippen LogP contribution is -2.45. The predicted molar refractivity (Wildman–Crippen MR) is 93.6 cm³/mol. The third-order valence-electron chi connectivity index (χ3n) is 3.95. The van der Waals surface area contributed by atoms with Gasteiger partial charge in [-0.1, -0.05) is 42.5 Å². The van der Waals surface area contributed by atoms with E-state index in [2.05, 4.69) is 62.1 Å². The molecule has 1 fully saturated rings. The molecule has 116 valence electrons. The standard InChI is InChI=1S/C18H21BrN2O/c19-18-9-8-17(22-18)15-21-13-11-20(12-14-21)10-4-7-16-5-2-1-3-6-16/h1-9H,10-15H2/b7-4+. The van der Waals surface area contributed by atoms with Crippen LogP contribution in [0.5, 0.6) is 0 Å². The maximum absolute atomic E-state index is 5.58. The number of hydrogen-bond acceptors (Lipinski definition) is 3. The predicted octanol–water partition coefficient (Wildman–Crippen LogP) is 3.87. The van der Waals surface area contributed by atoms with Crippen LogP contribution in [0.25, 0.3) is 6.08 Å². The molecule has 0 saturated carbocycles. The van der Waals surface area contributed by atoms with Gasteiger partial charge in [0.15, 0.2) is 4.67 Å². The molecule has 1 aromatic carbocycles. The summed E-state index contributed by atoms with van der Waals surface area (Å²) in [5.74, 6) is 1.03. The fourth-order valence-corrected chi connectivity index (χ4v) is 3.03. The highest BCUT2D eigenvalue weighted by Gasteiger charge is 2.16. The SMILES string of the molecule is Brc1ccc(CN2CCN(C/C=C/c3ccccc3)CC2)o1. The van der Waals surface area contributed by atoms with E-state index in [1.165, 1.54) is 5.56 Å². The van der Waals surface area contributed by atoms with Crippen molar-refractivity contribution in [3.8, 4) is 0 Å². The summed E-state index contributed by atoms with van der Waals surface area (Å²) in [6.07, 6.45) is 4.46. The molecule has 0 bridgehead atoms. The molecule has 22 heavy (non-hydrogen) atoms. The molecule has 0 spiro atoms. The first kappa shape index (κ1) is 15.5. The van der Waals surface area contributed by atoms with Crippen LogP contribution in [0.2, 0.25) is 0 Å². The van der Waals surface area contributed by atoms with Crippen LogP contribution >= 0.6 is 15.9 Å². The van der Waals surface area contributed by atoms with Gasteiger partial charge in [-0.3, -0.25) is 9.80 Å². The van der Waals surface area contributed by atoms with Crippen LogP contribution in [0.1, 0.15) is 11.3 Å². The van der Waals surface area contributed by atoms with Crippen LogP contribution < -0.4 is 0 Å². The zero-order valence-corrected chi connectivity index (χ0v) is 14.2. The molecule has 2 heterocycles. The molecule has 0 amide bonds. The summed E-state index contributed by atoms with van der Waals surface area (Å²) in [5, 5.41) is 0. The zero-order valence-electron chi connectivity index (χ0n) is 12.6. The van der Waals surface area contributed by atoms with Crippen LogP contribution in [-0.2, 0) is 6.54 Å². The van der Waals surface area contributed by atoms with Crippen molar-refractivity contribution in [2.45, 2.75) is 6.54 Å². The highest BCUT2D eigenvalue weighted by atomic mass is 79.9. The molecule has 3 nitrogen and oxygen atoms in total. The molecular weight excluding hydrogens is 340 g/mol.